The second kappa shape index (κ2) is 5.20. The van der Waals surface area contributed by atoms with Crippen molar-refractivity contribution >= 4 is 10.0 Å². The number of sulfonamides is 1. The van der Waals surface area contributed by atoms with Crippen LogP contribution in [0.5, 0.6) is 0 Å². The van der Waals surface area contributed by atoms with Crippen LogP contribution >= 0.6 is 0 Å². The van der Waals surface area contributed by atoms with Gasteiger partial charge in [-0.2, -0.15) is 0 Å². The molecule has 1 unspecified atom stereocenters. The summed E-state index contributed by atoms with van der Waals surface area (Å²) in [6.45, 7) is 0.457. The van der Waals surface area contributed by atoms with Gasteiger partial charge in [-0.3, -0.25) is 0 Å². The van der Waals surface area contributed by atoms with Crippen LogP contribution in [0, 0.1) is 0 Å². The smallest absolute Gasteiger partial charge is 0.212 e. The topological polar surface area (TPSA) is 71.3 Å². The van der Waals surface area contributed by atoms with E-state index in [0.29, 0.717) is 6.54 Å². The van der Waals surface area contributed by atoms with Gasteiger partial charge in [-0.25, -0.2) is 13.1 Å². The van der Waals surface area contributed by atoms with Gasteiger partial charge in [-0.1, -0.05) is 0 Å². The Balaban J connectivity index is 1.90. The molecule has 1 aliphatic rings. The van der Waals surface area contributed by atoms with Crippen molar-refractivity contribution in [2.45, 2.75) is 25.3 Å². The Labute approximate surface area is 102 Å². The quantitative estimate of drug-likeness (QED) is 0.819. The third-order valence-electron chi connectivity index (χ3n) is 3.12. The number of nitrogens with one attached hydrogen (secondary N) is 2. The molecular weight excluding hydrogens is 240 g/mol. The van der Waals surface area contributed by atoms with E-state index >= 15 is 0 Å². The van der Waals surface area contributed by atoms with Gasteiger partial charge in [0.1, 0.15) is 5.76 Å². The first-order valence-electron chi connectivity index (χ1n) is 5.83. The molecule has 1 aliphatic carbocycles. The largest absolute Gasteiger partial charge is 0.469 e. The van der Waals surface area contributed by atoms with E-state index in [1.54, 1.807) is 6.26 Å². The Kier molecular flexibility index (Phi) is 3.86. The molecule has 2 rings (SSSR count). The molecule has 17 heavy (non-hydrogen) atoms. The highest BCUT2D eigenvalue weighted by atomic mass is 32.2. The first-order chi connectivity index (χ1) is 8.12. The molecule has 0 aromatic carbocycles. The molecule has 6 heteroatoms. The van der Waals surface area contributed by atoms with Crippen molar-refractivity contribution in [2.24, 2.45) is 0 Å². The average Bonchev–Trinajstić information content (AvgIpc) is 2.78. The molecule has 5 nitrogen and oxygen atoms in total. The van der Waals surface area contributed by atoms with E-state index in [4.69, 9.17) is 4.42 Å². The fraction of sp³-hybridized carbons (Fsp3) is 0.636. The molecule has 1 atom stereocenters. The van der Waals surface area contributed by atoms with Crippen molar-refractivity contribution in [1.82, 2.24) is 10.0 Å². The molecule has 0 amide bonds. The van der Waals surface area contributed by atoms with Crippen molar-refractivity contribution in [3.05, 3.63) is 23.7 Å². The van der Waals surface area contributed by atoms with Crippen molar-refractivity contribution < 1.29 is 12.8 Å². The standard InChI is InChI=1S/C11H18N2O3S/c1-12-17(14,15)8-6-13-10-3-2-4-11-9(10)5-7-16-11/h5,7,10,12-13H,2-4,6,8H2,1H3. The fourth-order valence-corrected chi connectivity index (χ4v) is 2.76. The summed E-state index contributed by atoms with van der Waals surface area (Å²) >= 11 is 0. The minimum Gasteiger partial charge on any atom is -0.469 e. The van der Waals surface area contributed by atoms with Gasteiger partial charge in [0.15, 0.2) is 0 Å². The van der Waals surface area contributed by atoms with Gasteiger partial charge in [0.2, 0.25) is 10.0 Å². The first kappa shape index (κ1) is 12.6. The van der Waals surface area contributed by atoms with Crippen molar-refractivity contribution in [3.63, 3.8) is 0 Å². The predicted molar refractivity (Wildman–Crippen MR) is 65.2 cm³/mol. The molecule has 2 N–H and O–H groups in total. The number of rotatable bonds is 5. The van der Waals surface area contributed by atoms with Crippen LogP contribution < -0.4 is 10.0 Å². The van der Waals surface area contributed by atoms with Crippen LogP contribution in [0.25, 0.3) is 0 Å². The van der Waals surface area contributed by atoms with Gasteiger partial charge in [-0.05, 0) is 26.0 Å². The fourth-order valence-electron chi connectivity index (χ4n) is 2.17. The third kappa shape index (κ3) is 3.08. The van der Waals surface area contributed by atoms with E-state index in [0.717, 1.165) is 25.0 Å². The van der Waals surface area contributed by atoms with Crippen LogP contribution in [0.4, 0.5) is 0 Å². The van der Waals surface area contributed by atoms with Crippen LogP contribution in [-0.2, 0) is 16.4 Å². The minimum atomic E-state index is -3.12. The number of furan rings is 1. The van der Waals surface area contributed by atoms with Crippen LogP contribution in [0.3, 0.4) is 0 Å². The zero-order chi connectivity index (χ0) is 12.3. The Hall–Kier alpha value is -0.850. The molecule has 96 valence electrons. The maximum atomic E-state index is 11.3. The molecule has 0 spiro atoms. The summed E-state index contributed by atoms with van der Waals surface area (Å²) in [4.78, 5) is 0. The molecule has 0 saturated carbocycles. The van der Waals surface area contributed by atoms with Crippen LogP contribution in [0.2, 0.25) is 0 Å². The van der Waals surface area contributed by atoms with Gasteiger partial charge in [-0.15, -0.1) is 0 Å². The Morgan fingerprint density at radius 3 is 3.12 bits per heavy atom. The summed E-state index contributed by atoms with van der Waals surface area (Å²) in [7, 11) is -1.69. The lowest BCUT2D eigenvalue weighted by Crippen LogP contribution is -2.32. The molecule has 0 radical (unpaired) electrons. The minimum absolute atomic E-state index is 0.104. The second-order valence-corrected chi connectivity index (χ2v) is 6.27. The zero-order valence-electron chi connectivity index (χ0n) is 9.90. The summed E-state index contributed by atoms with van der Waals surface area (Å²) in [6, 6.07) is 2.20. The molecule has 1 heterocycles. The molecule has 0 fully saturated rings. The summed E-state index contributed by atoms with van der Waals surface area (Å²) in [5.74, 6) is 1.14. The Bertz CT molecular complexity index is 467. The summed E-state index contributed by atoms with van der Waals surface area (Å²) in [5, 5.41) is 3.28. The lowest BCUT2D eigenvalue weighted by Gasteiger charge is -2.22. The van der Waals surface area contributed by atoms with Crippen molar-refractivity contribution in [3.8, 4) is 0 Å². The van der Waals surface area contributed by atoms with E-state index < -0.39 is 10.0 Å². The number of hydrogen-bond acceptors (Lipinski definition) is 4. The highest BCUT2D eigenvalue weighted by Crippen LogP contribution is 2.30. The highest BCUT2D eigenvalue weighted by Gasteiger charge is 2.22. The van der Waals surface area contributed by atoms with Crippen molar-refractivity contribution in [1.29, 1.82) is 0 Å². The van der Waals surface area contributed by atoms with Gasteiger partial charge in [0.05, 0.1) is 12.0 Å². The van der Waals surface area contributed by atoms with E-state index in [1.165, 1.54) is 12.6 Å². The molecule has 0 saturated heterocycles. The monoisotopic (exact) mass is 258 g/mol. The van der Waals surface area contributed by atoms with Gasteiger partial charge < -0.3 is 9.73 Å². The number of hydrogen-bond donors (Lipinski definition) is 2. The maximum Gasteiger partial charge on any atom is 0.212 e. The summed E-state index contributed by atoms with van der Waals surface area (Å²) < 4.78 is 30.2. The maximum absolute atomic E-state index is 11.3. The zero-order valence-corrected chi connectivity index (χ0v) is 10.7. The lowest BCUT2D eigenvalue weighted by molar-refractivity contribution is 0.417. The van der Waals surface area contributed by atoms with E-state index in [9.17, 15) is 8.42 Å². The van der Waals surface area contributed by atoms with Crippen LogP contribution in [-0.4, -0.2) is 27.8 Å². The second-order valence-electron chi connectivity index (χ2n) is 4.22. The average molecular weight is 258 g/mol. The normalized spacial score (nSPS) is 20.2. The van der Waals surface area contributed by atoms with Gasteiger partial charge in [0, 0.05) is 24.6 Å². The Morgan fingerprint density at radius 2 is 2.35 bits per heavy atom. The molecular formula is C11H18N2O3S. The van der Waals surface area contributed by atoms with Crippen LogP contribution in [0.1, 0.15) is 30.2 Å². The number of fused-ring (bicyclic) bond motifs is 1. The van der Waals surface area contributed by atoms with E-state index in [2.05, 4.69) is 10.0 Å². The van der Waals surface area contributed by atoms with E-state index in [-0.39, 0.29) is 11.8 Å². The Morgan fingerprint density at radius 1 is 1.53 bits per heavy atom. The molecule has 0 bridgehead atoms. The molecule has 1 aromatic rings. The predicted octanol–water partition coefficient (Wildman–Crippen LogP) is 0.796. The highest BCUT2D eigenvalue weighted by molar-refractivity contribution is 7.89. The number of aryl methyl sites for hydroxylation is 1. The third-order valence-corrected chi connectivity index (χ3v) is 4.49. The molecule has 1 aromatic heterocycles. The summed E-state index contributed by atoms with van der Waals surface area (Å²) in [6.07, 6.45) is 4.80. The van der Waals surface area contributed by atoms with E-state index in [1.807, 2.05) is 6.07 Å². The first-order valence-corrected chi connectivity index (χ1v) is 7.48. The van der Waals surface area contributed by atoms with Gasteiger partial charge >= 0.3 is 0 Å². The van der Waals surface area contributed by atoms with Gasteiger partial charge in [0.25, 0.3) is 0 Å². The summed E-state index contributed by atoms with van der Waals surface area (Å²) in [5.41, 5.74) is 1.18. The molecule has 0 aliphatic heterocycles. The SMILES string of the molecule is CNS(=O)(=O)CCNC1CCCc2occc21. The van der Waals surface area contributed by atoms with Crippen LogP contribution in [0.15, 0.2) is 16.7 Å². The van der Waals surface area contributed by atoms with Crippen molar-refractivity contribution in [2.75, 3.05) is 19.3 Å². The lowest BCUT2D eigenvalue weighted by atomic mass is 9.93.